The van der Waals surface area contributed by atoms with Crippen LogP contribution in [0.1, 0.15) is 43.5 Å². The van der Waals surface area contributed by atoms with Gasteiger partial charge >= 0.3 is 0 Å². The van der Waals surface area contributed by atoms with Crippen LogP contribution in [0.3, 0.4) is 0 Å². The first kappa shape index (κ1) is 16.1. The van der Waals surface area contributed by atoms with E-state index in [4.69, 9.17) is 0 Å². The first-order chi connectivity index (χ1) is 12.7. The number of hydrogen-bond donors (Lipinski definition) is 0. The molecule has 2 aliphatic heterocycles. The molecule has 134 valence electrons. The van der Waals surface area contributed by atoms with Crippen molar-refractivity contribution in [1.82, 2.24) is 9.47 Å². The lowest BCUT2D eigenvalue weighted by Gasteiger charge is -2.50. The molecule has 5 rings (SSSR count). The van der Waals surface area contributed by atoms with Gasteiger partial charge in [-0.05, 0) is 49.3 Å². The van der Waals surface area contributed by atoms with E-state index in [1.54, 1.807) is 11.3 Å². The topological polar surface area (TPSA) is 8.17 Å². The second-order valence-corrected chi connectivity index (χ2v) is 8.53. The summed E-state index contributed by atoms with van der Waals surface area (Å²) in [5.74, 6) is 0.816. The summed E-state index contributed by atoms with van der Waals surface area (Å²) in [6.07, 6.45) is 3.78. The highest BCUT2D eigenvalue weighted by atomic mass is 15.2. The molecule has 0 N–H and O–H groups in total. The van der Waals surface area contributed by atoms with Crippen molar-refractivity contribution in [2.24, 2.45) is 5.92 Å². The van der Waals surface area contributed by atoms with E-state index < -0.39 is 0 Å². The maximum absolute atomic E-state index is 2.77. The largest absolute Gasteiger partial charge is 0.338 e. The molecular weight excluding hydrogens is 316 g/mol. The van der Waals surface area contributed by atoms with Crippen LogP contribution in [0.4, 0.5) is 0 Å². The van der Waals surface area contributed by atoms with Crippen LogP contribution < -0.4 is 0 Å². The lowest BCUT2D eigenvalue weighted by Crippen LogP contribution is -2.54. The molecule has 0 unspecified atom stereocenters. The van der Waals surface area contributed by atoms with E-state index in [-0.39, 0.29) is 5.54 Å². The van der Waals surface area contributed by atoms with Crippen molar-refractivity contribution >= 4 is 10.9 Å². The number of para-hydroxylation sites is 1. The Balaban J connectivity index is 1.72. The molecule has 2 aromatic carbocycles. The Kier molecular flexibility index (Phi) is 3.72. The van der Waals surface area contributed by atoms with E-state index in [0.29, 0.717) is 0 Å². The van der Waals surface area contributed by atoms with Crippen molar-refractivity contribution in [2.75, 3.05) is 13.1 Å². The van der Waals surface area contributed by atoms with Gasteiger partial charge in [0.05, 0.1) is 5.54 Å². The van der Waals surface area contributed by atoms with Crippen molar-refractivity contribution in [2.45, 2.75) is 45.2 Å². The average molecular weight is 345 g/mol. The molecule has 1 aromatic heterocycles. The predicted octanol–water partition coefficient (Wildman–Crippen LogP) is 5.19. The molecule has 2 atom stereocenters. The van der Waals surface area contributed by atoms with Crippen molar-refractivity contribution < 1.29 is 0 Å². The third-order valence-corrected chi connectivity index (χ3v) is 6.76. The van der Waals surface area contributed by atoms with Gasteiger partial charge in [0.2, 0.25) is 0 Å². The minimum atomic E-state index is 0.174. The van der Waals surface area contributed by atoms with Crippen molar-refractivity contribution in [3.05, 3.63) is 71.4 Å². The monoisotopic (exact) mass is 344 g/mol. The molecule has 2 nitrogen and oxygen atoms in total. The minimum absolute atomic E-state index is 0.174. The zero-order valence-corrected chi connectivity index (χ0v) is 15.9. The van der Waals surface area contributed by atoms with Crippen LogP contribution in [0.2, 0.25) is 0 Å². The van der Waals surface area contributed by atoms with Gasteiger partial charge in [0.25, 0.3) is 0 Å². The summed E-state index contributed by atoms with van der Waals surface area (Å²) in [6.45, 7) is 8.32. The summed E-state index contributed by atoms with van der Waals surface area (Å²) in [7, 11) is 0. The smallest absolute Gasteiger partial charge is 0.0588 e. The molecule has 2 heteroatoms. The van der Waals surface area contributed by atoms with E-state index in [2.05, 4.69) is 77.9 Å². The summed E-state index contributed by atoms with van der Waals surface area (Å²) < 4.78 is 2.63. The fourth-order valence-corrected chi connectivity index (χ4v) is 5.38. The van der Waals surface area contributed by atoms with Gasteiger partial charge in [-0.2, -0.15) is 0 Å². The summed E-state index contributed by atoms with van der Waals surface area (Å²) in [5.41, 5.74) is 6.16. The Bertz CT molecular complexity index is 940. The van der Waals surface area contributed by atoms with Crippen LogP contribution in [-0.4, -0.2) is 22.6 Å². The highest BCUT2D eigenvalue weighted by molar-refractivity contribution is 5.86. The number of rotatable bonds is 2. The number of piperidine rings is 1. The normalized spacial score (nSPS) is 25.8. The van der Waals surface area contributed by atoms with Gasteiger partial charge in [-0.3, -0.25) is 4.90 Å². The van der Waals surface area contributed by atoms with Crippen molar-refractivity contribution in [1.29, 1.82) is 0 Å². The number of aromatic nitrogens is 1. The number of benzene rings is 2. The van der Waals surface area contributed by atoms with E-state index >= 15 is 0 Å². The molecule has 0 amide bonds. The molecule has 0 saturated carbocycles. The maximum atomic E-state index is 2.77. The van der Waals surface area contributed by atoms with Gasteiger partial charge in [-0.1, -0.05) is 55.5 Å². The van der Waals surface area contributed by atoms with Gasteiger partial charge in [0, 0.05) is 36.2 Å². The zero-order valence-electron chi connectivity index (χ0n) is 15.9. The van der Waals surface area contributed by atoms with Crippen LogP contribution in [-0.2, 0) is 18.5 Å². The van der Waals surface area contributed by atoms with E-state index in [0.717, 1.165) is 12.5 Å². The Morgan fingerprint density at radius 1 is 1.04 bits per heavy atom. The fourth-order valence-electron chi connectivity index (χ4n) is 5.38. The van der Waals surface area contributed by atoms with Crippen LogP contribution >= 0.6 is 0 Å². The number of fused-ring (bicyclic) bond motifs is 5. The highest BCUT2D eigenvalue weighted by Crippen LogP contribution is 2.46. The van der Waals surface area contributed by atoms with Crippen LogP contribution in [0, 0.1) is 5.92 Å². The highest BCUT2D eigenvalue weighted by Gasteiger charge is 2.44. The molecule has 0 spiro atoms. The molecule has 0 bridgehead atoms. The van der Waals surface area contributed by atoms with E-state index in [9.17, 15) is 0 Å². The Hall–Kier alpha value is -2.06. The lowest BCUT2D eigenvalue weighted by atomic mass is 9.77. The number of nitrogens with zero attached hydrogens (tertiary/aromatic N) is 2. The second kappa shape index (κ2) is 5.99. The first-order valence-corrected chi connectivity index (χ1v) is 10.1. The summed E-state index contributed by atoms with van der Waals surface area (Å²) >= 11 is 0. The van der Waals surface area contributed by atoms with Gasteiger partial charge < -0.3 is 4.57 Å². The van der Waals surface area contributed by atoms with Gasteiger partial charge in [0.1, 0.15) is 0 Å². The molecule has 2 aliphatic rings. The third kappa shape index (κ3) is 2.35. The average Bonchev–Trinajstić information content (AvgIpc) is 2.98. The van der Waals surface area contributed by atoms with Crippen molar-refractivity contribution in [3.63, 3.8) is 0 Å². The minimum Gasteiger partial charge on any atom is -0.338 e. The zero-order chi connectivity index (χ0) is 17.7. The van der Waals surface area contributed by atoms with Gasteiger partial charge in [0.15, 0.2) is 0 Å². The Labute approximate surface area is 156 Å². The summed E-state index contributed by atoms with van der Waals surface area (Å²) in [6, 6.07) is 20.0. The molecule has 0 aliphatic carbocycles. The Morgan fingerprint density at radius 2 is 1.81 bits per heavy atom. The molecule has 26 heavy (non-hydrogen) atoms. The van der Waals surface area contributed by atoms with Crippen LogP contribution in [0.5, 0.6) is 0 Å². The molecule has 0 radical (unpaired) electrons. The van der Waals surface area contributed by atoms with Crippen molar-refractivity contribution in [3.8, 4) is 0 Å². The summed E-state index contributed by atoms with van der Waals surface area (Å²) in [4.78, 5) is 2.77. The molecule has 1 fully saturated rings. The SMILES string of the molecule is C[C@H]1CC[C@@]2(C)c3c(c4ccccc4n3Cc3ccccc3)CCN2C1. The van der Waals surface area contributed by atoms with Gasteiger partial charge in [-0.15, -0.1) is 0 Å². The van der Waals surface area contributed by atoms with Crippen LogP contribution in [0.15, 0.2) is 54.6 Å². The van der Waals surface area contributed by atoms with Gasteiger partial charge in [-0.25, -0.2) is 0 Å². The van der Waals surface area contributed by atoms with E-state index in [1.807, 2.05) is 0 Å². The maximum Gasteiger partial charge on any atom is 0.0588 e. The fraction of sp³-hybridized carbons (Fsp3) is 0.417. The molecule has 3 aromatic rings. The summed E-state index contributed by atoms with van der Waals surface area (Å²) in [5, 5.41) is 1.47. The first-order valence-electron chi connectivity index (χ1n) is 10.1. The van der Waals surface area contributed by atoms with E-state index in [1.165, 1.54) is 48.8 Å². The molecule has 3 heterocycles. The Morgan fingerprint density at radius 3 is 2.65 bits per heavy atom. The second-order valence-electron chi connectivity index (χ2n) is 8.53. The third-order valence-electron chi connectivity index (χ3n) is 6.76. The van der Waals surface area contributed by atoms with Crippen LogP contribution in [0.25, 0.3) is 10.9 Å². The predicted molar refractivity (Wildman–Crippen MR) is 109 cm³/mol. The number of hydrogen-bond acceptors (Lipinski definition) is 1. The lowest BCUT2D eigenvalue weighted by molar-refractivity contribution is 0.0195. The standard InChI is InChI=1S/C24H28N2/c1-18-12-14-24(2)23-21(13-15-25(24)16-18)20-10-6-7-11-22(20)26(23)17-19-8-4-3-5-9-19/h3-11,18H,12-17H2,1-2H3/t18-,24-/m0/s1. The quantitative estimate of drug-likeness (QED) is 0.621. The molecular formula is C24H28N2. The molecule has 1 saturated heterocycles.